The van der Waals surface area contributed by atoms with Crippen molar-refractivity contribution in [1.82, 2.24) is 15.0 Å². The van der Waals surface area contributed by atoms with Gasteiger partial charge in [-0.05, 0) is 71.3 Å². The maximum Gasteiger partial charge on any atom is 0.0544 e. The summed E-state index contributed by atoms with van der Waals surface area (Å²) in [4.78, 5) is 13.6. The number of aromatic amines is 3. The Balaban J connectivity index is 1.05. The first kappa shape index (κ1) is 32.4. The quantitative estimate of drug-likeness (QED) is 0.156. The molecule has 0 fully saturated rings. The fourth-order valence-electron chi connectivity index (χ4n) is 9.23. The van der Waals surface area contributed by atoms with E-state index in [4.69, 9.17) is 0 Å². The van der Waals surface area contributed by atoms with E-state index in [0.29, 0.717) is 0 Å². The second kappa shape index (κ2) is 12.9. The fourth-order valence-corrected chi connectivity index (χ4v) is 9.23. The van der Waals surface area contributed by atoms with Gasteiger partial charge in [-0.3, -0.25) is 0 Å². The Morgan fingerprint density at radius 1 is 0.259 bits per heavy atom. The Hall–Kier alpha value is -7.82. The van der Waals surface area contributed by atoms with E-state index >= 15 is 0 Å². The zero-order chi connectivity index (χ0) is 38.2. The number of aromatic nitrogens is 3. The lowest BCUT2D eigenvalue weighted by Gasteiger charge is -2.27. The highest BCUT2D eigenvalue weighted by atomic mass is 15.1. The molecule has 0 saturated carbocycles. The number of nitrogens with zero attached hydrogens (tertiary/aromatic N) is 1. The molecule has 12 aromatic rings. The molecular formula is C54H36N4. The van der Waals surface area contributed by atoms with Crippen molar-refractivity contribution < 1.29 is 0 Å². The minimum absolute atomic E-state index is 1.08. The lowest BCUT2D eigenvalue weighted by Crippen LogP contribution is -2.10. The van der Waals surface area contributed by atoms with E-state index in [1.54, 1.807) is 0 Å². The van der Waals surface area contributed by atoms with Crippen LogP contribution in [0.25, 0.3) is 98.8 Å². The van der Waals surface area contributed by atoms with Crippen molar-refractivity contribution in [2.24, 2.45) is 0 Å². The fraction of sp³-hybridized carbons (Fsp3) is 0. The molecule has 0 radical (unpaired) electrons. The van der Waals surface area contributed by atoms with Gasteiger partial charge in [0, 0.05) is 82.6 Å². The van der Waals surface area contributed by atoms with Crippen LogP contribution in [0.5, 0.6) is 0 Å². The molecule has 0 aliphatic heterocycles. The van der Waals surface area contributed by atoms with Crippen LogP contribution in [0.2, 0.25) is 0 Å². The second-order valence-electron chi connectivity index (χ2n) is 15.2. The van der Waals surface area contributed by atoms with Crippen molar-refractivity contribution in [3.05, 3.63) is 200 Å². The molecule has 0 aliphatic carbocycles. The van der Waals surface area contributed by atoms with Gasteiger partial charge in [-0.2, -0.15) is 0 Å². The zero-order valence-corrected chi connectivity index (χ0v) is 31.5. The van der Waals surface area contributed by atoms with Gasteiger partial charge in [-0.25, -0.2) is 0 Å². The monoisotopic (exact) mass is 740 g/mol. The topological polar surface area (TPSA) is 50.6 Å². The first-order valence-corrected chi connectivity index (χ1v) is 19.8. The Morgan fingerprint density at radius 2 is 0.552 bits per heavy atom. The highest BCUT2D eigenvalue weighted by Crippen LogP contribution is 2.43. The molecular weight excluding hydrogens is 705 g/mol. The van der Waals surface area contributed by atoms with Crippen LogP contribution in [0, 0.1) is 0 Å². The van der Waals surface area contributed by atoms with E-state index in [2.05, 4.69) is 220 Å². The molecule has 0 unspecified atom stereocenters. The van der Waals surface area contributed by atoms with Crippen molar-refractivity contribution in [3.8, 4) is 33.4 Å². The highest BCUT2D eigenvalue weighted by Gasteiger charge is 2.19. The summed E-state index contributed by atoms with van der Waals surface area (Å²) in [6, 6.07) is 72.4. The lowest BCUT2D eigenvalue weighted by atomic mass is 9.99. The minimum atomic E-state index is 1.08. The van der Waals surface area contributed by atoms with Crippen LogP contribution in [-0.4, -0.2) is 15.0 Å². The normalized spacial score (nSPS) is 11.8. The van der Waals surface area contributed by atoms with Gasteiger partial charge in [-0.15, -0.1) is 0 Å². The molecule has 3 aromatic heterocycles. The highest BCUT2D eigenvalue weighted by molar-refractivity contribution is 6.14. The number of rotatable bonds is 6. The lowest BCUT2D eigenvalue weighted by molar-refractivity contribution is 1.28. The molecule has 58 heavy (non-hydrogen) atoms. The molecule has 0 bridgehead atoms. The average molecular weight is 741 g/mol. The summed E-state index contributed by atoms with van der Waals surface area (Å²) in [5.41, 5.74) is 17.1. The van der Waals surface area contributed by atoms with Gasteiger partial charge in [0.15, 0.2) is 0 Å². The molecule has 0 amide bonds. The third-order valence-electron chi connectivity index (χ3n) is 11.9. The zero-order valence-electron chi connectivity index (χ0n) is 31.5. The van der Waals surface area contributed by atoms with Gasteiger partial charge < -0.3 is 19.9 Å². The maximum atomic E-state index is 3.74. The number of benzene rings is 9. The van der Waals surface area contributed by atoms with Gasteiger partial charge in [0.25, 0.3) is 0 Å². The average Bonchev–Trinajstić information content (AvgIpc) is 3.98. The molecule has 4 heteroatoms. The molecule has 3 N–H and O–H groups in total. The van der Waals surface area contributed by atoms with Crippen LogP contribution in [0.1, 0.15) is 0 Å². The number of hydrogen-bond acceptors (Lipinski definition) is 1. The van der Waals surface area contributed by atoms with Gasteiger partial charge in [0.05, 0.1) is 16.6 Å². The van der Waals surface area contributed by atoms with Crippen LogP contribution < -0.4 is 4.90 Å². The predicted molar refractivity (Wildman–Crippen MR) is 246 cm³/mol. The van der Waals surface area contributed by atoms with Crippen molar-refractivity contribution >= 4 is 82.5 Å². The second-order valence-corrected chi connectivity index (χ2v) is 15.2. The Labute approximate surface area is 334 Å². The number of para-hydroxylation sites is 6. The van der Waals surface area contributed by atoms with Crippen molar-refractivity contribution in [1.29, 1.82) is 0 Å². The third-order valence-corrected chi connectivity index (χ3v) is 11.9. The first-order valence-electron chi connectivity index (χ1n) is 19.8. The largest absolute Gasteiger partial charge is 0.354 e. The molecule has 12 rings (SSSR count). The standard InChI is InChI=1S/C54H36N4/c1-4-28-49-43(19-1)46-25-10-22-40(52(46)55-49)34-13-7-16-37(31-34)58(38-17-8-14-35(32-38)41-23-11-26-47-44-20-2-5-29-50(44)56-53(41)47)39-18-9-15-36(33-39)42-24-12-27-48-45-21-3-6-30-51(45)57-54(42)48/h1-33,55-57H. The molecule has 0 saturated heterocycles. The summed E-state index contributed by atoms with van der Waals surface area (Å²) in [5, 5.41) is 7.40. The van der Waals surface area contributed by atoms with Crippen molar-refractivity contribution in [3.63, 3.8) is 0 Å². The molecule has 9 aromatic carbocycles. The summed E-state index contributed by atoms with van der Waals surface area (Å²) in [7, 11) is 0. The van der Waals surface area contributed by atoms with Crippen LogP contribution >= 0.6 is 0 Å². The number of anilines is 3. The number of nitrogens with one attached hydrogen (secondary N) is 3. The molecule has 3 heterocycles. The molecule has 0 aliphatic rings. The Bertz CT molecular complexity index is 3170. The number of H-pyrrole nitrogens is 3. The van der Waals surface area contributed by atoms with Crippen LogP contribution in [0.3, 0.4) is 0 Å². The van der Waals surface area contributed by atoms with E-state index in [9.17, 15) is 0 Å². The summed E-state index contributed by atoms with van der Waals surface area (Å²) in [5.74, 6) is 0. The van der Waals surface area contributed by atoms with Crippen LogP contribution in [0.4, 0.5) is 17.1 Å². The predicted octanol–water partition coefficient (Wildman–Crippen LogP) is 15.1. The molecule has 0 atom stereocenters. The summed E-state index contributed by atoms with van der Waals surface area (Å²) in [6.45, 7) is 0. The van der Waals surface area contributed by atoms with Crippen LogP contribution in [-0.2, 0) is 0 Å². The summed E-state index contributed by atoms with van der Waals surface area (Å²) in [6.07, 6.45) is 0. The van der Waals surface area contributed by atoms with E-state index < -0.39 is 0 Å². The number of fused-ring (bicyclic) bond motifs is 9. The third kappa shape index (κ3) is 5.09. The summed E-state index contributed by atoms with van der Waals surface area (Å²) >= 11 is 0. The first-order chi connectivity index (χ1) is 28.7. The van der Waals surface area contributed by atoms with E-state index in [0.717, 1.165) is 66.9 Å². The molecule has 0 spiro atoms. The minimum Gasteiger partial charge on any atom is -0.354 e. The van der Waals surface area contributed by atoms with Gasteiger partial charge >= 0.3 is 0 Å². The van der Waals surface area contributed by atoms with Crippen LogP contribution in [0.15, 0.2) is 200 Å². The smallest absolute Gasteiger partial charge is 0.0544 e. The SMILES string of the molecule is c1cc(-c2cccc3c2[nH]c2ccccc23)cc(N(c2cccc(-c3cccc4c3[nH]c3ccccc34)c2)c2cccc(-c3cccc4c3[nH]c3ccccc34)c2)c1. The van der Waals surface area contributed by atoms with E-state index in [1.807, 2.05) is 0 Å². The van der Waals surface area contributed by atoms with Gasteiger partial charge in [-0.1, -0.05) is 146 Å². The van der Waals surface area contributed by atoms with Crippen molar-refractivity contribution in [2.45, 2.75) is 0 Å². The van der Waals surface area contributed by atoms with Gasteiger partial charge in [0.1, 0.15) is 0 Å². The van der Waals surface area contributed by atoms with E-state index in [-0.39, 0.29) is 0 Å². The number of hydrogen-bond donors (Lipinski definition) is 3. The Morgan fingerprint density at radius 3 is 0.897 bits per heavy atom. The summed E-state index contributed by atoms with van der Waals surface area (Å²) < 4.78 is 0. The van der Waals surface area contributed by atoms with E-state index in [1.165, 1.54) is 49.0 Å². The van der Waals surface area contributed by atoms with Gasteiger partial charge in [0.2, 0.25) is 0 Å². The molecule has 272 valence electrons. The maximum absolute atomic E-state index is 3.74. The molecule has 4 nitrogen and oxygen atoms in total. The Kier molecular flexibility index (Phi) is 7.20. The van der Waals surface area contributed by atoms with Crippen molar-refractivity contribution in [2.75, 3.05) is 4.90 Å².